The summed E-state index contributed by atoms with van der Waals surface area (Å²) in [5, 5.41) is 22.0. The van der Waals surface area contributed by atoms with Crippen molar-refractivity contribution < 1.29 is 5.11 Å². The van der Waals surface area contributed by atoms with Gasteiger partial charge < -0.3 is 30.2 Å². The number of H-pyrrole nitrogens is 1. The zero-order valence-electron chi connectivity index (χ0n) is 27.3. The molecule has 2 atom stereocenters. The van der Waals surface area contributed by atoms with E-state index in [2.05, 4.69) is 49.1 Å². The highest BCUT2D eigenvalue weighted by molar-refractivity contribution is 5.92. The van der Waals surface area contributed by atoms with Gasteiger partial charge in [-0.05, 0) is 96.1 Å². The molecule has 46 heavy (non-hydrogen) atoms. The maximum absolute atomic E-state index is 12.4. The van der Waals surface area contributed by atoms with Crippen LogP contribution in [0.5, 0.6) is 0 Å². The van der Waals surface area contributed by atoms with E-state index in [1.54, 1.807) is 25.5 Å². The van der Waals surface area contributed by atoms with E-state index in [1.165, 1.54) is 63.0 Å². The Morgan fingerprint density at radius 2 is 1.87 bits per heavy atom. The number of hydrogen-bond acceptors (Lipinski definition) is 10. The van der Waals surface area contributed by atoms with Gasteiger partial charge in [-0.3, -0.25) is 14.2 Å². The molecule has 0 aliphatic carbocycles. The predicted molar refractivity (Wildman–Crippen MR) is 179 cm³/mol. The first-order chi connectivity index (χ1) is 22.3. The lowest BCUT2D eigenvalue weighted by molar-refractivity contribution is 0.0383. The number of aryl methyl sites for hydroxylation is 1. The van der Waals surface area contributed by atoms with Crippen molar-refractivity contribution in [1.82, 2.24) is 44.3 Å². The second-order valence-corrected chi connectivity index (χ2v) is 13.9. The van der Waals surface area contributed by atoms with E-state index >= 15 is 0 Å². The smallest absolute Gasteiger partial charge is 0.277 e. The lowest BCUT2D eigenvalue weighted by Gasteiger charge is -2.46. The van der Waals surface area contributed by atoms with Gasteiger partial charge in [0.1, 0.15) is 17.2 Å². The minimum absolute atomic E-state index is 0.0191. The number of aliphatic hydroxyl groups excluding tert-OH is 1. The number of nitrogens with zero attached hydrogens (tertiary/aromatic N) is 9. The van der Waals surface area contributed by atoms with Crippen LogP contribution in [-0.4, -0.2) is 109 Å². The van der Waals surface area contributed by atoms with Crippen LogP contribution in [0, 0.1) is 11.3 Å². The van der Waals surface area contributed by atoms with E-state index in [0.29, 0.717) is 40.8 Å². The highest BCUT2D eigenvalue weighted by atomic mass is 16.3. The maximum atomic E-state index is 12.4. The summed E-state index contributed by atoms with van der Waals surface area (Å²) in [6, 6.07) is 3.77. The molecule has 13 heteroatoms. The highest BCUT2D eigenvalue weighted by Crippen LogP contribution is 2.41. The summed E-state index contributed by atoms with van der Waals surface area (Å²) in [7, 11) is 3.91. The molecule has 246 valence electrons. The van der Waals surface area contributed by atoms with Gasteiger partial charge in [0.05, 0.1) is 16.9 Å². The Balaban J connectivity index is 1.06. The minimum atomic E-state index is -0.188. The van der Waals surface area contributed by atoms with Crippen molar-refractivity contribution in [2.45, 2.75) is 51.5 Å². The Hall–Kier alpha value is -3.81. The van der Waals surface area contributed by atoms with Crippen molar-refractivity contribution in [2.24, 2.45) is 18.4 Å². The molecule has 3 aliphatic rings. The molecule has 0 amide bonds. The molecule has 0 radical (unpaired) electrons. The number of rotatable bonds is 9. The van der Waals surface area contributed by atoms with Crippen LogP contribution in [-0.2, 0) is 7.05 Å². The Kier molecular flexibility index (Phi) is 8.55. The van der Waals surface area contributed by atoms with E-state index in [4.69, 9.17) is 10.1 Å². The number of fused-ring (bicyclic) bond motifs is 1. The number of aromatic nitrogens is 7. The lowest BCUT2D eigenvalue weighted by Crippen LogP contribution is -2.47. The summed E-state index contributed by atoms with van der Waals surface area (Å²) >= 11 is 0. The maximum Gasteiger partial charge on any atom is 0.277 e. The van der Waals surface area contributed by atoms with Gasteiger partial charge >= 0.3 is 0 Å². The van der Waals surface area contributed by atoms with E-state index in [-0.39, 0.29) is 18.2 Å². The van der Waals surface area contributed by atoms with E-state index in [0.717, 1.165) is 36.4 Å². The molecule has 1 unspecified atom stereocenters. The summed E-state index contributed by atoms with van der Waals surface area (Å²) in [6.07, 6.45) is 12.3. The Labute approximate surface area is 269 Å². The van der Waals surface area contributed by atoms with E-state index in [9.17, 15) is 9.90 Å². The number of nitrogens with one attached hydrogen (secondary N) is 2. The van der Waals surface area contributed by atoms with Gasteiger partial charge in [-0.25, -0.2) is 15.0 Å². The third-order valence-corrected chi connectivity index (χ3v) is 10.7. The quantitative estimate of drug-likeness (QED) is 0.253. The molecular weight excluding hydrogens is 582 g/mol. The predicted octanol–water partition coefficient (Wildman–Crippen LogP) is 3.24. The molecular formula is C33H47N11O2. The van der Waals surface area contributed by atoms with Crippen LogP contribution in [0.15, 0.2) is 35.5 Å². The fourth-order valence-electron chi connectivity index (χ4n) is 7.62. The first-order valence-corrected chi connectivity index (χ1v) is 16.8. The van der Waals surface area contributed by atoms with E-state index in [1.807, 2.05) is 16.9 Å². The highest BCUT2D eigenvalue weighted by Gasteiger charge is 2.38. The summed E-state index contributed by atoms with van der Waals surface area (Å²) < 4.78 is 3.42. The van der Waals surface area contributed by atoms with Gasteiger partial charge in [0.15, 0.2) is 11.6 Å². The molecule has 3 saturated heterocycles. The van der Waals surface area contributed by atoms with Crippen LogP contribution >= 0.6 is 0 Å². The van der Waals surface area contributed by atoms with E-state index < -0.39 is 0 Å². The first kappa shape index (κ1) is 30.8. The summed E-state index contributed by atoms with van der Waals surface area (Å²) in [5.74, 6) is 3.09. The number of aliphatic hydroxyl groups is 1. The van der Waals surface area contributed by atoms with Crippen LogP contribution in [0.2, 0.25) is 0 Å². The average molecular weight is 630 g/mol. The topological polar surface area (TPSA) is 136 Å². The van der Waals surface area contributed by atoms with Gasteiger partial charge in [-0.15, -0.1) is 0 Å². The molecule has 7 rings (SSSR count). The molecule has 4 aromatic heterocycles. The van der Waals surface area contributed by atoms with Crippen LogP contribution < -0.4 is 15.8 Å². The van der Waals surface area contributed by atoms with Crippen LogP contribution in [0.25, 0.3) is 22.3 Å². The van der Waals surface area contributed by atoms with Crippen molar-refractivity contribution in [3.05, 3.63) is 41.1 Å². The van der Waals surface area contributed by atoms with Crippen molar-refractivity contribution in [3.63, 3.8) is 0 Å². The monoisotopic (exact) mass is 629 g/mol. The van der Waals surface area contributed by atoms with Crippen molar-refractivity contribution in [3.8, 4) is 11.4 Å². The summed E-state index contributed by atoms with van der Waals surface area (Å²) in [4.78, 5) is 33.7. The number of aromatic amines is 1. The lowest BCUT2D eigenvalue weighted by atomic mass is 9.71. The molecule has 7 heterocycles. The normalized spacial score (nSPS) is 21.4. The molecule has 0 bridgehead atoms. The van der Waals surface area contributed by atoms with Gasteiger partial charge in [0, 0.05) is 57.9 Å². The first-order valence-electron chi connectivity index (χ1n) is 16.8. The van der Waals surface area contributed by atoms with Crippen molar-refractivity contribution in [2.75, 3.05) is 69.7 Å². The van der Waals surface area contributed by atoms with Crippen molar-refractivity contribution in [1.29, 1.82) is 0 Å². The largest absolute Gasteiger partial charge is 0.396 e. The minimum Gasteiger partial charge on any atom is -0.396 e. The standard InChI is InChI=1S/C33H47N11O2/c1-23(6-17-45)44-27-18-29(37-28-4-11-34-30(38-28)26-20-36-41(3)32(26)46)35-19-25(27)31(39-44)43-12-5-24(22-43)21-42-15-9-33(10-16-42)7-13-40(2)14-8-33/h4,11,18-20,23-24,36,45H,5-10,12-17,21-22H2,1-3H3,(H,34,35,37,38)/t23-,24?/m0/s1. The SMILES string of the molecule is C[C@@H](CCO)n1nc(N2CCC(CN3CCC4(CCN(C)CC4)CC3)C2)c2cnc(Nc3ccnc(-c4c[nH]n(C)c4=O)n3)cc21. The molecule has 3 aliphatic heterocycles. The van der Waals surface area contributed by atoms with Crippen LogP contribution in [0.3, 0.4) is 0 Å². The fraction of sp³-hybridized carbons (Fsp3) is 0.606. The number of pyridine rings is 1. The molecule has 3 N–H and O–H groups in total. The Morgan fingerprint density at radius 1 is 1.09 bits per heavy atom. The van der Waals surface area contributed by atoms with Gasteiger partial charge in [0.25, 0.3) is 5.56 Å². The van der Waals surface area contributed by atoms with Gasteiger partial charge in [-0.2, -0.15) is 5.10 Å². The molecule has 0 saturated carbocycles. The Bertz CT molecular complexity index is 1710. The third kappa shape index (κ3) is 6.15. The summed E-state index contributed by atoms with van der Waals surface area (Å²) in [6.45, 7) is 10.3. The number of piperidine rings is 2. The van der Waals surface area contributed by atoms with Crippen LogP contribution in [0.4, 0.5) is 17.5 Å². The fourth-order valence-corrected chi connectivity index (χ4v) is 7.62. The number of likely N-dealkylation sites (tertiary alicyclic amines) is 2. The Morgan fingerprint density at radius 3 is 2.61 bits per heavy atom. The summed E-state index contributed by atoms with van der Waals surface area (Å²) in [5.41, 5.74) is 1.76. The number of hydrogen-bond donors (Lipinski definition) is 3. The van der Waals surface area contributed by atoms with Gasteiger partial charge in [-0.1, -0.05) is 0 Å². The number of anilines is 3. The molecule has 3 fully saturated rings. The molecule has 13 nitrogen and oxygen atoms in total. The second-order valence-electron chi connectivity index (χ2n) is 13.9. The molecule has 1 spiro atoms. The van der Waals surface area contributed by atoms with Crippen molar-refractivity contribution >= 4 is 28.4 Å². The average Bonchev–Trinajstić information content (AvgIpc) is 3.77. The zero-order chi connectivity index (χ0) is 31.8. The van der Waals surface area contributed by atoms with Gasteiger partial charge in [0.2, 0.25) is 0 Å². The zero-order valence-corrected chi connectivity index (χ0v) is 27.3. The second kappa shape index (κ2) is 12.8. The van der Waals surface area contributed by atoms with Crippen LogP contribution in [0.1, 0.15) is 51.5 Å². The molecule has 0 aromatic carbocycles. The third-order valence-electron chi connectivity index (χ3n) is 10.7. The molecule has 4 aromatic rings.